The first-order valence-electron chi connectivity index (χ1n) is 3.75. The standard InChI is InChI=1S/C9H17NO/c1-5-6-7-8(10)9(2,3)11-4/h8H,7,10H2,1-4H3. The number of ether oxygens (including phenoxy) is 1. The second kappa shape index (κ2) is 4.38. The van der Waals surface area contributed by atoms with Gasteiger partial charge >= 0.3 is 0 Å². The van der Waals surface area contributed by atoms with Crippen LogP contribution in [0.3, 0.4) is 0 Å². The quantitative estimate of drug-likeness (QED) is 0.620. The number of hydrogen-bond donors (Lipinski definition) is 1. The summed E-state index contributed by atoms with van der Waals surface area (Å²) in [5, 5.41) is 0. The highest BCUT2D eigenvalue weighted by molar-refractivity contribution is 5.01. The molecular weight excluding hydrogens is 138 g/mol. The molecule has 0 aromatic rings. The van der Waals surface area contributed by atoms with Gasteiger partial charge in [-0.25, -0.2) is 0 Å². The van der Waals surface area contributed by atoms with Gasteiger partial charge in [-0.2, -0.15) is 0 Å². The Hall–Kier alpha value is -0.520. The summed E-state index contributed by atoms with van der Waals surface area (Å²) >= 11 is 0. The van der Waals surface area contributed by atoms with Gasteiger partial charge in [-0.15, -0.1) is 11.8 Å². The lowest BCUT2D eigenvalue weighted by atomic mass is 9.97. The third-order valence-electron chi connectivity index (χ3n) is 1.92. The Kier molecular flexibility index (Phi) is 4.17. The Balaban J connectivity index is 3.97. The van der Waals surface area contributed by atoms with Gasteiger partial charge in [0, 0.05) is 19.6 Å². The van der Waals surface area contributed by atoms with Gasteiger partial charge in [-0.05, 0) is 20.8 Å². The normalized spacial score (nSPS) is 13.5. The molecule has 0 saturated heterocycles. The minimum atomic E-state index is -0.274. The molecule has 2 nitrogen and oxygen atoms in total. The van der Waals surface area contributed by atoms with Gasteiger partial charge in [0.2, 0.25) is 0 Å². The molecular formula is C9H17NO. The first-order chi connectivity index (χ1) is 5.04. The molecule has 0 rings (SSSR count). The van der Waals surface area contributed by atoms with E-state index < -0.39 is 0 Å². The van der Waals surface area contributed by atoms with Crippen LogP contribution in [0.2, 0.25) is 0 Å². The third kappa shape index (κ3) is 3.41. The fraction of sp³-hybridized carbons (Fsp3) is 0.778. The van der Waals surface area contributed by atoms with Crippen molar-refractivity contribution in [2.45, 2.75) is 38.8 Å². The number of methoxy groups -OCH3 is 1. The van der Waals surface area contributed by atoms with Gasteiger partial charge in [-0.1, -0.05) is 0 Å². The maximum atomic E-state index is 5.82. The molecule has 2 N–H and O–H groups in total. The van der Waals surface area contributed by atoms with E-state index in [0.29, 0.717) is 6.42 Å². The van der Waals surface area contributed by atoms with Gasteiger partial charge in [-0.3, -0.25) is 0 Å². The van der Waals surface area contributed by atoms with Crippen molar-refractivity contribution in [1.29, 1.82) is 0 Å². The van der Waals surface area contributed by atoms with Gasteiger partial charge < -0.3 is 10.5 Å². The fourth-order valence-corrected chi connectivity index (χ4v) is 0.609. The summed E-state index contributed by atoms with van der Waals surface area (Å²) in [4.78, 5) is 0. The molecule has 1 atom stereocenters. The van der Waals surface area contributed by atoms with Crippen LogP contribution in [0.1, 0.15) is 27.2 Å². The number of rotatable bonds is 3. The van der Waals surface area contributed by atoms with Gasteiger partial charge in [0.1, 0.15) is 0 Å². The number of hydrogen-bond acceptors (Lipinski definition) is 2. The first-order valence-corrected chi connectivity index (χ1v) is 3.75. The Morgan fingerprint density at radius 2 is 2.09 bits per heavy atom. The Labute approximate surface area is 69.1 Å². The van der Waals surface area contributed by atoms with E-state index in [0.717, 1.165) is 0 Å². The average molecular weight is 155 g/mol. The third-order valence-corrected chi connectivity index (χ3v) is 1.92. The van der Waals surface area contributed by atoms with Crippen LogP contribution in [0.15, 0.2) is 0 Å². The molecule has 0 aliphatic heterocycles. The van der Waals surface area contributed by atoms with Crippen LogP contribution >= 0.6 is 0 Å². The Bertz CT molecular complexity index is 164. The summed E-state index contributed by atoms with van der Waals surface area (Å²) in [6, 6.07) is -0.0139. The first kappa shape index (κ1) is 10.5. The van der Waals surface area contributed by atoms with E-state index in [2.05, 4.69) is 11.8 Å². The molecule has 0 aromatic heterocycles. The smallest absolute Gasteiger partial charge is 0.0782 e. The molecule has 0 aliphatic rings. The van der Waals surface area contributed by atoms with E-state index >= 15 is 0 Å². The van der Waals surface area contributed by atoms with E-state index in [4.69, 9.17) is 10.5 Å². The van der Waals surface area contributed by atoms with Crippen molar-refractivity contribution in [3.63, 3.8) is 0 Å². The molecule has 1 unspecified atom stereocenters. The zero-order valence-electron chi connectivity index (χ0n) is 7.77. The summed E-state index contributed by atoms with van der Waals surface area (Å²) < 4.78 is 5.20. The lowest BCUT2D eigenvalue weighted by Crippen LogP contribution is -2.44. The summed E-state index contributed by atoms with van der Waals surface area (Å²) in [5.41, 5.74) is 5.55. The number of nitrogens with two attached hydrogens (primary N) is 1. The van der Waals surface area contributed by atoms with E-state index in [9.17, 15) is 0 Å². The monoisotopic (exact) mass is 155 g/mol. The summed E-state index contributed by atoms with van der Waals surface area (Å²) in [7, 11) is 1.67. The molecule has 0 amide bonds. The van der Waals surface area contributed by atoms with Gasteiger partial charge in [0.25, 0.3) is 0 Å². The molecule has 0 aliphatic carbocycles. The van der Waals surface area contributed by atoms with Crippen LogP contribution in [0.5, 0.6) is 0 Å². The van der Waals surface area contributed by atoms with Crippen LogP contribution in [0.4, 0.5) is 0 Å². The second-order valence-corrected chi connectivity index (χ2v) is 3.04. The molecule has 64 valence electrons. The predicted octanol–water partition coefficient (Wildman–Crippen LogP) is 1.15. The van der Waals surface area contributed by atoms with Gasteiger partial charge in [0.15, 0.2) is 0 Å². The maximum Gasteiger partial charge on any atom is 0.0782 e. The topological polar surface area (TPSA) is 35.2 Å². The minimum absolute atomic E-state index is 0.0139. The lowest BCUT2D eigenvalue weighted by Gasteiger charge is -2.28. The van der Waals surface area contributed by atoms with Crippen LogP contribution in [0, 0.1) is 11.8 Å². The van der Waals surface area contributed by atoms with Crippen molar-refractivity contribution < 1.29 is 4.74 Å². The highest BCUT2D eigenvalue weighted by atomic mass is 16.5. The minimum Gasteiger partial charge on any atom is -0.377 e. The van der Waals surface area contributed by atoms with E-state index in [1.54, 1.807) is 7.11 Å². The SMILES string of the molecule is CC#CCC(N)C(C)(C)OC. The van der Waals surface area contributed by atoms with Crippen LogP contribution in [-0.4, -0.2) is 18.8 Å². The average Bonchev–Trinajstić information content (AvgIpc) is 2.00. The predicted molar refractivity (Wildman–Crippen MR) is 47.1 cm³/mol. The van der Waals surface area contributed by atoms with Crippen LogP contribution in [0.25, 0.3) is 0 Å². The molecule has 2 heteroatoms. The molecule has 0 bridgehead atoms. The molecule has 11 heavy (non-hydrogen) atoms. The second-order valence-electron chi connectivity index (χ2n) is 3.04. The van der Waals surface area contributed by atoms with Crippen molar-refractivity contribution in [1.82, 2.24) is 0 Å². The lowest BCUT2D eigenvalue weighted by molar-refractivity contribution is 0.00200. The van der Waals surface area contributed by atoms with Crippen molar-refractivity contribution in [3.8, 4) is 11.8 Å². The fourth-order valence-electron chi connectivity index (χ4n) is 0.609. The summed E-state index contributed by atoms with van der Waals surface area (Å²) in [6.07, 6.45) is 0.692. The summed E-state index contributed by atoms with van der Waals surface area (Å²) in [5.74, 6) is 5.74. The zero-order valence-corrected chi connectivity index (χ0v) is 7.77. The van der Waals surface area contributed by atoms with Gasteiger partial charge in [0.05, 0.1) is 5.60 Å². The van der Waals surface area contributed by atoms with E-state index in [1.165, 1.54) is 0 Å². The van der Waals surface area contributed by atoms with Crippen molar-refractivity contribution >= 4 is 0 Å². The van der Waals surface area contributed by atoms with Crippen molar-refractivity contribution in [2.24, 2.45) is 5.73 Å². The Morgan fingerprint density at radius 1 is 1.55 bits per heavy atom. The van der Waals surface area contributed by atoms with Crippen molar-refractivity contribution in [3.05, 3.63) is 0 Å². The molecule has 0 saturated carbocycles. The maximum absolute atomic E-state index is 5.82. The largest absolute Gasteiger partial charge is 0.377 e. The molecule has 0 aromatic carbocycles. The van der Waals surface area contributed by atoms with E-state index in [-0.39, 0.29) is 11.6 Å². The van der Waals surface area contributed by atoms with Crippen LogP contribution < -0.4 is 5.73 Å². The highest BCUT2D eigenvalue weighted by Gasteiger charge is 2.24. The molecule has 0 heterocycles. The zero-order chi connectivity index (χ0) is 8.91. The highest BCUT2D eigenvalue weighted by Crippen LogP contribution is 2.13. The Morgan fingerprint density at radius 3 is 2.45 bits per heavy atom. The van der Waals surface area contributed by atoms with Crippen molar-refractivity contribution in [2.75, 3.05) is 7.11 Å². The van der Waals surface area contributed by atoms with E-state index in [1.807, 2.05) is 20.8 Å². The van der Waals surface area contributed by atoms with Crippen LogP contribution in [-0.2, 0) is 4.74 Å². The molecule has 0 radical (unpaired) electrons. The molecule has 0 fully saturated rings. The summed E-state index contributed by atoms with van der Waals surface area (Å²) in [6.45, 7) is 5.75. The molecule has 0 spiro atoms.